The van der Waals surface area contributed by atoms with Gasteiger partial charge in [-0.25, -0.2) is 4.39 Å². The first-order valence-electron chi connectivity index (χ1n) is 7.42. The Labute approximate surface area is 128 Å². The zero-order valence-corrected chi connectivity index (χ0v) is 13.1. The normalized spacial score (nSPS) is 17.6. The molecule has 1 saturated heterocycles. The summed E-state index contributed by atoms with van der Waals surface area (Å²) in [5.74, 6) is 0.592. The predicted molar refractivity (Wildman–Crippen MR) is 83.3 cm³/mol. The van der Waals surface area contributed by atoms with E-state index in [0.29, 0.717) is 48.4 Å². The molecule has 1 aromatic carbocycles. The third kappa shape index (κ3) is 2.29. The number of aryl methyl sites for hydroxylation is 2. The molecular formula is C17H20FNO3. The van der Waals surface area contributed by atoms with Crippen LogP contribution in [0.3, 0.4) is 0 Å². The Hall–Kier alpha value is -1.88. The molecule has 2 heterocycles. The van der Waals surface area contributed by atoms with Gasteiger partial charge in [-0.05, 0) is 30.7 Å². The second-order valence-electron chi connectivity index (χ2n) is 5.88. The van der Waals surface area contributed by atoms with E-state index in [9.17, 15) is 4.79 Å². The summed E-state index contributed by atoms with van der Waals surface area (Å²) in [6, 6.07) is 5.32. The Morgan fingerprint density at radius 3 is 2.59 bits per heavy atom. The minimum atomic E-state index is -1.43. The van der Waals surface area contributed by atoms with Crippen LogP contribution in [0.25, 0.3) is 10.9 Å². The molecule has 0 aliphatic carbocycles. The van der Waals surface area contributed by atoms with Crippen molar-refractivity contribution < 1.29 is 13.9 Å². The van der Waals surface area contributed by atoms with Crippen LogP contribution >= 0.6 is 0 Å². The van der Waals surface area contributed by atoms with E-state index in [-0.39, 0.29) is 5.56 Å². The van der Waals surface area contributed by atoms with Crippen LogP contribution < -0.4 is 10.3 Å². The number of halogens is 1. The van der Waals surface area contributed by atoms with E-state index in [0.717, 1.165) is 5.39 Å². The first-order chi connectivity index (χ1) is 10.5. The average Bonchev–Trinajstić information content (AvgIpc) is 2.52. The van der Waals surface area contributed by atoms with Gasteiger partial charge in [0.1, 0.15) is 11.4 Å². The first kappa shape index (κ1) is 15.0. The molecule has 1 aliphatic rings. The predicted octanol–water partition coefficient (Wildman–Crippen LogP) is 2.83. The van der Waals surface area contributed by atoms with Gasteiger partial charge in [0.15, 0.2) is 0 Å². The quantitative estimate of drug-likeness (QED) is 0.856. The highest BCUT2D eigenvalue weighted by molar-refractivity contribution is 5.87. The van der Waals surface area contributed by atoms with Crippen molar-refractivity contribution in [3.05, 3.63) is 39.7 Å². The van der Waals surface area contributed by atoms with Gasteiger partial charge in [-0.15, -0.1) is 0 Å². The van der Waals surface area contributed by atoms with Crippen molar-refractivity contribution in [2.75, 3.05) is 20.3 Å². The molecule has 0 radical (unpaired) electrons. The number of hydrogen-bond donors (Lipinski definition) is 0. The second kappa shape index (κ2) is 5.39. The van der Waals surface area contributed by atoms with Gasteiger partial charge in [-0.1, -0.05) is 0 Å². The maximum Gasteiger partial charge on any atom is 0.253 e. The van der Waals surface area contributed by atoms with E-state index in [1.807, 2.05) is 0 Å². The van der Waals surface area contributed by atoms with Gasteiger partial charge in [0.25, 0.3) is 5.56 Å². The number of ether oxygens (including phenoxy) is 2. The fourth-order valence-electron chi connectivity index (χ4n) is 3.10. The summed E-state index contributed by atoms with van der Waals surface area (Å²) in [5.41, 5.74) is 0.377. The molecule has 1 aromatic heterocycles. The van der Waals surface area contributed by atoms with Crippen LogP contribution in [0.15, 0.2) is 23.0 Å². The molecule has 0 spiro atoms. The number of alkyl halides is 1. The molecule has 118 valence electrons. The minimum Gasteiger partial charge on any atom is -0.496 e. The molecule has 2 aromatic rings. The molecule has 3 rings (SSSR count). The van der Waals surface area contributed by atoms with E-state index in [1.165, 1.54) is 0 Å². The molecule has 0 amide bonds. The summed E-state index contributed by atoms with van der Waals surface area (Å²) in [6.07, 6.45) is 0.642. The molecule has 0 bridgehead atoms. The summed E-state index contributed by atoms with van der Waals surface area (Å²) in [6.45, 7) is 2.58. The lowest BCUT2D eigenvalue weighted by atomic mass is 9.87. The highest BCUT2D eigenvalue weighted by atomic mass is 19.1. The first-order valence-corrected chi connectivity index (χ1v) is 7.42. The average molecular weight is 305 g/mol. The number of nitrogens with zero attached hydrogens (tertiary/aromatic N) is 1. The Kier molecular flexibility index (Phi) is 3.68. The molecule has 1 fully saturated rings. The standard InChI is InChI=1S/C17H20FNO3/c1-11-8-13-14(19(2)16(11)20)9-12(10-15(13)21-3)17(18)4-6-22-7-5-17/h8-10H,4-7H2,1-3H3. The van der Waals surface area contributed by atoms with E-state index in [1.54, 1.807) is 43.8 Å². The SMILES string of the molecule is COc1cc(C2(F)CCOCC2)cc2c1cc(C)c(=O)n2C. The summed E-state index contributed by atoms with van der Waals surface area (Å²) >= 11 is 0. The number of rotatable bonds is 2. The summed E-state index contributed by atoms with van der Waals surface area (Å²) in [7, 11) is 3.27. The van der Waals surface area contributed by atoms with Crippen LogP contribution in [-0.4, -0.2) is 24.9 Å². The third-order valence-corrected chi connectivity index (χ3v) is 4.51. The Bertz CT molecular complexity index is 776. The number of aromatic nitrogens is 1. The molecule has 5 heteroatoms. The van der Waals surface area contributed by atoms with E-state index < -0.39 is 5.67 Å². The maximum atomic E-state index is 15.2. The molecule has 0 atom stereocenters. The zero-order valence-electron chi connectivity index (χ0n) is 13.1. The van der Waals surface area contributed by atoms with Crippen molar-refractivity contribution in [2.45, 2.75) is 25.4 Å². The van der Waals surface area contributed by atoms with Crippen molar-refractivity contribution >= 4 is 10.9 Å². The van der Waals surface area contributed by atoms with Crippen LogP contribution in [0.4, 0.5) is 4.39 Å². The van der Waals surface area contributed by atoms with Crippen molar-refractivity contribution in [2.24, 2.45) is 7.05 Å². The number of pyridine rings is 1. The zero-order chi connectivity index (χ0) is 15.9. The molecule has 0 unspecified atom stereocenters. The van der Waals surface area contributed by atoms with Gasteiger partial charge in [0.05, 0.1) is 12.6 Å². The van der Waals surface area contributed by atoms with E-state index in [4.69, 9.17) is 9.47 Å². The summed E-state index contributed by atoms with van der Waals surface area (Å²) < 4.78 is 27.5. The van der Waals surface area contributed by atoms with Crippen molar-refractivity contribution in [1.82, 2.24) is 4.57 Å². The van der Waals surface area contributed by atoms with Crippen LogP contribution in [-0.2, 0) is 17.5 Å². The molecular weight excluding hydrogens is 285 g/mol. The van der Waals surface area contributed by atoms with Crippen molar-refractivity contribution in [3.8, 4) is 5.75 Å². The topological polar surface area (TPSA) is 40.5 Å². The summed E-state index contributed by atoms with van der Waals surface area (Å²) in [4.78, 5) is 12.2. The number of fused-ring (bicyclic) bond motifs is 1. The highest BCUT2D eigenvalue weighted by Gasteiger charge is 2.35. The lowest BCUT2D eigenvalue weighted by Gasteiger charge is -2.30. The second-order valence-corrected chi connectivity index (χ2v) is 5.88. The van der Waals surface area contributed by atoms with Gasteiger partial charge in [0.2, 0.25) is 0 Å². The molecule has 1 aliphatic heterocycles. The van der Waals surface area contributed by atoms with Crippen LogP contribution in [0, 0.1) is 6.92 Å². The van der Waals surface area contributed by atoms with Crippen molar-refractivity contribution in [3.63, 3.8) is 0 Å². The van der Waals surface area contributed by atoms with E-state index >= 15 is 4.39 Å². The van der Waals surface area contributed by atoms with Gasteiger partial charge >= 0.3 is 0 Å². The highest BCUT2D eigenvalue weighted by Crippen LogP contribution is 2.40. The number of hydrogen-bond acceptors (Lipinski definition) is 3. The molecule has 4 nitrogen and oxygen atoms in total. The number of methoxy groups -OCH3 is 1. The largest absolute Gasteiger partial charge is 0.496 e. The van der Waals surface area contributed by atoms with Gasteiger partial charge in [-0.2, -0.15) is 0 Å². The number of benzene rings is 1. The van der Waals surface area contributed by atoms with Crippen LogP contribution in [0.2, 0.25) is 0 Å². The molecule has 0 N–H and O–H groups in total. The van der Waals surface area contributed by atoms with Crippen LogP contribution in [0.1, 0.15) is 24.0 Å². The van der Waals surface area contributed by atoms with Crippen molar-refractivity contribution in [1.29, 1.82) is 0 Å². The molecule has 0 saturated carbocycles. The van der Waals surface area contributed by atoms with Gasteiger partial charge in [-0.3, -0.25) is 4.79 Å². The van der Waals surface area contributed by atoms with E-state index in [2.05, 4.69) is 0 Å². The maximum absolute atomic E-state index is 15.2. The minimum absolute atomic E-state index is 0.0772. The Morgan fingerprint density at radius 2 is 1.95 bits per heavy atom. The summed E-state index contributed by atoms with van der Waals surface area (Å²) in [5, 5.41) is 0.821. The van der Waals surface area contributed by atoms with Crippen LogP contribution in [0.5, 0.6) is 5.75 Å². The lowest BCUT2D eigenvalue weighted by Crippen LogP contribution is -2.29. The van der Waals surface area contributed by atoms with Gasteiger partial charge < -0.3 is 14.0 Å². The smallest absolute Gasteiger partial charge is 0.253 e. The third-order valence-electron chi connectivity index (χ3n) is 4.51. The Morgan fingerprint density at radius 1 is 1.27 bits per heavy atom. The lowest BCUT2D eigenvalue weighted by molar-refractivity contribution is -0.0115. The fourth-order valence-corrected chi connectivity index (χ4v) is 3.10. The molecule has 22 heavy (non-hydrogen) atoms. The van der Waals surface area contributed by atoms with Gasteiger partial charge in [0, 0.05) is 44.1 Å². The monoisotopic (exact) mass is 305 g/mol. The fraction of sp³-hybridized carbons (Fsp3) is 0.471. The Balaban J connectivity index is 2.28.